The van der Waals surface area contributed by atoms with E-state index in [9.17, 15) is 13.2 Å². The molecule has 1 N–H and O–H groups in total. The fraction of sp³-hybridized carbons (Fsp3) is 0.625. The van der Waals surface area contributed by atoms with Gasteiger partial charge in [0.1, 0.15) is 0 Å². The maximum Gasteiger partial charge on any atom is 0.416 e. The molecule has 3 atom stereocenters. The van der Waals surface area contributed by atoms with Crippen molar-refractivity contribution in [1.82, 2.24) is 10.2 Å². The monoisotopic (exact) mass is 300 g/mol. The molecule has 0 bridgehead atoms. The van der Waals surface area contributed by atoms with E-state index in [0.29, 0.717) is 24.5 Å². The van der Waals surface area contributed by atoms with Crippen LogP contribution in [0.15, 0.2) is 24.3 Å². The summed E-state index contributed by atoms with van der Waals surface area (Å²) >= 11 is 0. The van der Waals surface area contributed by atoms with Crippen LogP contribution in [0.25, 0.3) is 0 Å². The molecule has 3 unspecified atom stereocenters. The minimum atomic E-state index is -4.26. The van der Waals surface area contributed by atoms with Crippen molar-refractivity contribution in [1.29, 1.82) is 0 Å². The standard InChI is InChI=1S/C16H23F3N2/c1-11-10-21(3)12(2)8-15(11)20-9-13-4-6-14(7-5-13)16(17,18)19/h4-7,11-12,15,20H,8-10H2,1-3H3. The van der Waals surface area contributed by atoms with E-state index in [0.717, 1.165) is 30.7 Å². The van der Waals surface area contributed by atoms with Crippen molar-refractivity contribution in [3.05, 3.63) is 35.4 Å². The maximum absolute atomic E-state index is 12.5. The molecule has 2 rings (SSSR count). The van der Waals surface area contributed by atoms with Gasteiger partial charge >= 0.3 is 6.18 Å². The average molecular weight is 300 g/mol. The van der Waals surface area contributed by atoms with Gasteiger partial charge in [-0.2, -0.15) is 13.2 Å². The Morgan fingerprint density at radius 1 is 1.19 bits per heavy atom. The van der Waals surface area contributed by atoms with E-state index in [1.807, 2.05) is 0 Å². The molecule has 1 aromatic rings. The van der Waals surface area contributed by atoms with Crippen LogP contribution in [0.5, 0.6) is 0 Å². The highest BCUT2D eigenvalue weighted by atomic mass is 19.4. The van der Waals surface area contributed by atoms with Crippen LogP contribution < -0.4 is 5.32 Å². The number of piperidine rings is 1. The number of rotatable bonds is 3. The Labute approximate surface area is 124 Å². The van der Waals surface area contributed by atoms with E-state index in [2.05, 4.69) is 31.1 Å². The van der Waals surface area contributed by atoms with Crippen LogP contribution >= 0.6 is 0 Å². The second-order valence-corrected chi connectivity index (χ2v) is 6.18. The second kappa shape index (κ2) is 6.36. The van der Waals surface area contributed by atoms with E-state index in [1.54, 1.807) is 12.1 Å². The predicted molar refractivity (Wildman–Crippen MR) is 77.9 cm³/mol. The smallest absolute Gasteiger partial charge is 0.310 e. The van der Waals surface area contributed by atoms with Crippen LogP contribution in [-0.4, -0.2) is 30.6 Å². The van der Waals surface area contributed by atoms with Gasteiger partial charge in [0, 0.05) is 25.2 Å². The number of hydrogen-bond acceptors (Lipinski definition) is 2. The lowest BCUT2D eigenvalue weighted by Crippen LogP contribution is -2.50. The van der Waals surface area contributed by atoms with Gasteiger partial charge in [-0.15, -0.1) is 0 Å². The molecule has 2 nitrogen and oxygen atoms in total. The van der Waals surface area contributed by atoms with E-state index in [4.69, 9.17) is 0 Å². The first kappa shape index (κ1) is 16.3. The molecule has 1 fully saturated rings. The minimum Gasteiger partial charge on any atom is -0.310 e. The summed E-state index contributed by atoms with van der Waals surface area (Å²) in [5.74, 6) is 0.542. The molecule has 0 saturated carbocycles. The summed E-state index contributed by atoms with van der Waals surface area (Å²) in [5.41, 5.74) is 0.300. The molecular formula is C16H23F3N2. The van der Waals surface area contributed by atoms with Gasteiger partial charge in [0.05, 0.1) is 5.56 Å². The second-order valence-electron chi connectivity index (χ2n) is 6.18. The number of nitrogens with one attached hydrogen (secondary N) is 1. The zero-order chi connectivity index (χ0) is 15.6. The molecule has 1 aromatic carbocycles. The molecule has 0 aliphatic carbocycles. The summed E-state index contributed by atoms with van der Waals surface area (Å²) in [7, 11) is 2.13. The van der Waals surface area contributed by atoms with Gasteiger partial charge in [0.25, 0.3) is 0 Å². The fourth-order valence-corrected chi connectivity index (χ4v) is 2.89. The van der Waals surface area contributed by atoms with Crippen molar-refractivity contribution in [3.8, 4) is 0 Å². The normalized spacial score (nSPS) is 27.8. The summed E-state index contributed by atoms with van der Waals surface area (Å²) in [4.78, 5) is 2.35. The Kier molecular flexibility index (Phi) is 4.94. The summed E-state index contributed by atoms with van der Waals surface area (Å²) < 4.78 is 37.5. The Hall–Kier alpha value is -1.07. The molecule has 0 aromatic heterocycles. The summed E-state index contributed by atoms with van der Waals surface area (Å²) in [6.45, 7) is 6.08. The molecule has 0 spiro atoms. The molecule has 21 heavy (non-hydrogen) atoms. The molecule has 1 saturated heterocycles. The molecule has 1 aliphatic heterocycles. The minimum absolute atomic E-state index is 0.415. The zero-order valence-electron chi connectivity index (χ0n) is 12.7. The topological polar surface area (TPSA) is 15.3 Å². The molecule has 118 valence electrons. The first-order valence-corrected chi connectivity index (χ1v) is 7.37. The van der Waals surface area contributed by atoms with Crippen molar-refractivity contribution in [2.24, 2.45) is 5.92 Å². The van der Waals surface area contributed by atoms with Gasteiger partial charge in [0.2, 0.25) is 0 Å². The van der Waals surface area contributed by atoms with Crippen LogP contribution in [0.1, 0.15) is 31.4 Å². The van der Waals surface area contributed by atoms with Crippen molar-refractivity contribution in [2.75, 3.05) is 13.6 Å². The summed E-state index contributed by atoms with van der Waals surface area (Å²) in [5, 5.41) is 3.49. The average Bonchev–Trinajstić information content (AvgIpc) is 2.41. The lowest BCUT2D eigenvalue weighted by atomic mass is 9.89. The van der Waals surface area contributed by atoms with Gasteiger partial charge in [-0.05, 0) is 44.0 Å². The molecule has 5 heteroatoms. The largest absolute Gasteiger partial charge is 0.416 e. The lowest BCUT2D eigenvalue weighted by molar-refractivity contribution is -0.137. The first-order valence-electron chi connectivity index (χ1n) is 7.37. The van der Waals surface area contributed by atoms with Crippen molar-refractivity contribution in [3.63, 3.8) is 0 Å². The van der Waals surface area contributed by atoms with E-state index in [1.165, 1.54) is 0 Å². The van der Waals surface area contributed by atoms with Gasteiger partial charge in [-0.3, -0.25) is 0 Å². The summed E-state index contributed by atoms with van der Waals surface area (Å²) in [6, 6.07) is 6.36. The third-order valence-electron chi connectivity index (χ3n) is 4.46. The maximum atomic E-state index is 12.5. The van der Waals surface area contributed by atoms with Crippen LogP contribution in [0, 0.1) is 5.92 Å². The van der Waals surface area contributed by atoms with Crippen molar-refractivity contribution >= 4 is 0 Å². The third-order valence-corrected chi connectivity index (χ3v) is 4.46. The SMILES string of the molecule is CC1CN(C)C(C)CC1NCc1ccc(C(F)(F)F)cc1. The number of alkyl halides is 3. The van der Waals surface area contributed by atoms with Gasteiger partial charge in [-0.25, -0.2) is 0 Å². The van der Waals surface area contributed by atoms with E-state index < -0.39 is 11.7 Å². The number of hydrogen-bond donors (Lipinski definition) is 1. The number of benzene rings is 1. The van der Waals surface area contributed by atoms with Crippen LogP contribution in [0.4, 0.5) is 13.2 Å². The molecular weight excluding hydrogens is 277 g/mol. The van der Waals surface area contributed by atoms with Crippen molar-refractivity contribution < 1.29 is 13.2 Å². The quantitative estimate of drug-likeness (QED) is 0.919. The fourth-order valence-electron chi connectivity index (χ4n) is 2.89. The lowest BCUT2D eigenvalue weighted by Gasteiger charge is -2.40. The highest BCUT2D eigenvalue weighted by Gasteiger charge is 2.30. The first-order chi connectivity index (χ1) is 9.77. The number of nitrogens with zero attached hydrogens (tertiary/aromatic N) is 1. The molecule has 1 heterocycles. The zero-order valence-corrected chi connectivity index (χ0v) is 12.7. The van der Waals surface area contributed by atoms with Crippen LogP contribution in [0.3, 0.4) is 0 Å². The Balaban J connectivity index is 1.91. The Bertz CT molecular complexity index is 456. The molecule has 0 amide bonds. The Morgan fingerprint density at radius 2 is 1.81 bits per heavy atom. The highest BCUT2D eigenvalue weighted by molar-refractivity contribution is 5.24. The molecule has 1 aliphatic rings. The number of likely N-dealkylation sites (tertiary alicyclic amines) is 1. The van der Waals surface area contributed by atoms with E-state index >= 15 is 0 Å². The molecule has 0 radical (unpaired) electrons. The van der Waals surface area contributed by atoms with Gasteiger partial charge in [-0.1, -0.05) is 19.1 Å². The van der Waals surface area contributed by atoms with Crippen molar-refractivity contribution in [2.45, 2.75) is 45.1 Å². The van der Waals surface area contributed by atoms with Crippen LogP contribution in [-0.2, 0) is 12.7 Å². The predicted octanol–water partition coefficient (Wildman–Crippen LogP) is 3.52. The number of halogens is 3. The summed E-state index contributed by atoms with van der Waals surface area (Å²) in [6.07, 6.45) is -3.19. The Morgan fingerprint density at radius 3 is 2.38 bits per heavy atom. The highest BCUT2D eigenvalue weighted by Crippen LogP contribution is 2.29. The van der Waals surface area contributed by atoms with Gasteiger partial charge in [0.15, 0.2) is 0 Å². The third kappa shape index (κ3) is 4.20. The van der Waals surface area contributed by atoms with Gasteiger partial charge < -0.3 is 10.2 Å². The van der Waals surface area contributed by atoms with Crippen LogP contribution in [0.2, 0.25) is 0 Å². The van der Waals surface area contributed by atoms with E-state index in [-0.39, 0.29) is 0 Å².